The zero-order chi connectivity index (χ0) is 13.1. The van der Waals surface area contributed by atoms with Crippen molar-refractivity contribution >= 4 is 5.71 Å². The molecule has 0 aromatic carbocycles. The summed E-state index contributed by atoms with van der Waals surface area (Å²) in [7, 11) is 0. The van der Waals surface area contributed by atoms with Gasteiger partial charge in [0, 0.05) is 17.7 Å². The van der Waals surface area contributed by atoms with Crippen molar-refractivity contribution in [3.63, 3.8) is 0 Å². The quantitative estimate of drug-likeness (QED) is 0.589. The van der Waals surface area contributed by atoms with Crippen LogP contribution in [0.5, 0.6) is 0 Å². The number of rotatable bonds is 0. The molecule has 1 aliphatic heterocycles. The van der Waals surface area contributed by atoms with E-state index in [2.05, 4.69) is 13.8 Å². The number of hydrogen-bond acceptors (Lipinski definition) is 1. The van der Waals surface area contributed by atoms with Crippen molar-refractivity contribution in [3.8, 4) is 0 Å². The maximum absolute atomic E-state index is 4.93. The molecule has 0 spiro atoms. The first kappa shape index (κ1) is 12.4. The van der Waals surface area contributed by atoms with Crippen LogP contribution in [0.25, 0.3) is 0 Å². The molecule has 106 valence electrons. The van der Waals surface area contributed by atoms with Crippen LogP contribution in [0.2, 0.25) is 0 Å². The van der Waals surface area contributed by atoms with Crippen molar-refractivity contribution in [1.82, 2.24) is 0 Å². The van der Waals surface area contributed by atoms with Crippen molar-refractivity contribution in [2.75, 3.05) is 6.54 Å². The Morgan fingerprint density at radius 3 is 2.74 bits per heavy atom. The molecule has 0 unspecified atom stereocenters. The molecule has 0 aromatic rings. The number of aliphatic imine (C=N–C) groups is 1. The molecule has 3 fully saturated rings. The van der Waals surface area contributed by atoms with Crippen molar-refractivity contribution in [2.24, 2.45) is 33.6 Å². The topological polar surface area (TPSA) is 12.4 Å². The van der Waals surface area contributed by atoms with Crippen LogP contribution in [0.15, 0.2) is 4.99 Å². The van der Waals surface area contributed by atoms with E-state index in [1.807, 2.05) is 0 Å². The molecule has 4 rings (SSSR count). The third kappa shape index (κ3) is 1.63. The lowest BCUT2D eigenvalue weighted by molar-refractivity contribution is -0.0179. The van der Waals surface area contributed by atoms with Crippen molar-refractivity contribution in [2.45, 2.75) is 71.6 Å². The number of nitrogens with zero attached hydrogens (tertiary/aromatic N) is 1. The minimum atomic E-state index is 0.491. The predicted molar refractivity (Wildman–Crippen MR) is 80.5 cm³/mol. The second-order valence-corrected chi connectivity index (χ2v) is 8.35. The van der Waals surface area contributed by atoms with Gasteiger partial charge in [0.1, 0.15) is 0 Å². The molecule has 3 aliphatic carbocycles. The summed E-state index contributed by atoms with van der Waals surface area (Å²) in [6.45, 7) is 6.29. The van der Waals surface area contributed by atoms with Gasteiger partial charge in [-0.1, -0.05) is 20.3 Å². The third-order valence-corrected chi connectivity index (χ3v) is 7.57. The summed E-state index contributed by atoms with van der Waals surface area (Å²) in [6, 6.07) is 0. The zero-order valence-electron chi connectivity index (χ0n) is 12.8. The highest BCUT2D eigenvalue weighted by atomic mass is 14.8. The average molecular weight is 259 g/mol. The Kier molecular flexibility index (Phi) is 2.67. The molecule has 19 heavy (non-hydrogen) atoms. The minimum Gasteiger partial charge on any atom is -0.294 e. The van der Waals surface area contributed by atoms with Gasteiger partial charge in [-0.2, -0.15) is 0 Å². The average Bonchev–Trinajstić information content (AvgIpc) is 2.79. The molecule has 1 heterocycles. The molecular formula is C18H29N. The van der Waals surface area contributed by atoms with Crippen molar-refractivity contribution < 1.29 is 0 Å². The Morgan fingerprint density at radius 1 is 0.947 bits per heavy atom. The van der Waals surface area contributed by atoms with E-state index < -0.39 is 0 Å². The van der Waals surface area contributed by atoms with Crippen LogP contribution in [0.4, 0.5) is 0 Å². The summed E-state index contributed by atoms with van der Waals surface area (Å²) < 4.78 is 0. The van der Waals surface area contributed by atoms with Crippen LogP contribution in [0.1, 0.15) is 71.6 Å². The molecule has 1 nitrogen and oxygen atoms in total. The van der Waals surface area contributed by atoms with Crippen molar-refractivity contribution in [1.29, 1.82) is 0 Å². The molecule has 0 bridgehead atoms. The van der Waals surface area contributed by atoms with E-state index in [0.29, 0.717) is 10.8 Å². The Bertz CT molecular complexity index is 412. The SMILES string of the molecule is C[C@@]12CCC[C@H]1[C@@H]1CCC3=NCCC[C@]3(C)[C@@H]1CC2. The van der Waals surface area contributed by atoms with Gasteiger partial charge < -0.3 is 0 Å². The standard InChI is InChI=1S/C18H29N/c1-17-9-3-5-14(17)13-6-7-16-18(2,10-4-12-19-16)15(13)8-11-17/h13-15H,3-12H2,1-2H3/t13-,14-,15+,17-,18+/m0/s1. The fraction of sp³-hybridized carbons (Fsp3) is 0.944. The van der Waals surface area contributed by atoms with E-state index in [4.69, 9.17) is 4.99 Å². The van der Waals surface area contributed by atoms with Gasteiger partial charge in [0.05, 0.1) is 0 Å². The van der Waals surface area contributed by atoms with Crippen LogP contribution in [0, 0.1) is 28.6 Å². The maximum Gasteiger partial charge on any atom is 0.0389 e. The van der Waals surface area contributed by atoms with Gasteiger partial charge in [0.15, 0.2) is 0 Å². The second kappa shape index (κ2) is 4.09. The molecular weight excluding hydrogens is 230 g/mol. The van der Waals surface area contributed by atoms with E-state index in [1.54, 1.807) is 5.71 Å². The van der Waals surface area contributed by atoms with Gasteiger partial charge in [-0.15, -0.1) is 0 Å². The highest BCUT2D eigenvalue weighted by Gasteiger charge is 2.56. The molecule has 0 radical (unpaired) electrons. The van der Waals surface area contributed by atoms with Gasteiger partial charge in [-0.25, -0.2) is 0 Å². The monoisotopic (exact) mass is 259 g/mol. The zero-order valence-corrected chi connectivity index (χ0v) is 12.8. The van der Waals surface area contributed by atoms with Gasteiger partial charge in [0.25, 0.3) is 0 Å². The van der Waals surface area contributed by atoms with Crippen LogP contribution in [-0.4, -0.2) is 12.3 Å². The van der Waals surface area contributed by atoms with Crippen molar-refractivity contribution in [3.05, 3.63) is 0 Å². The smallest absolute Gasteiger partial charge is 0.0389 e. The molecule has 0 saturated heterocycles. The van der Waals surface area contributed by atoms with Crippen LogP contribution < -0.4 is 0 Å². The first-order chi connectivity index (χ1) is 9.13. The number of hydrogen-bond donors (Lipinski definition) is 0. The van der Waals surface area contributed by atoms with E-state index in [1.165, 1.54) is 57.8 Å². The van der Waals surface area contributed by atoms with E-state index in [-0.39, 0.29) is 0 Å². The third-order valence-electron chi connectivity index (χ3n) is 7.57. The minimum absolute atomic E-state index is 0.491. The fourth-order valence-corrected chi connectivity index (χ4v) is 6.53. The molecule has 4 aliphatic rings. The predicted octanol–water partition coefficient (Wildman–Crippen LogP) is 4.85. The number of fused-ring (bicyclic) bond motifs is 5. The Balaban J connectivity index is 1.69. The molecule has 1 heteroatoms. The van der Waals surface area contributed by atoms with Gasteiger partial charge >= 0.3 is 0 Å². The summed E-state index contributed by atoms with van der Waals surface area (Å²) in [5.41, 5.74) is 2.81. The molecule has 0 aromatic heterocycles. The lowest BCUT2D eigenvalue weighted by Crippen LogP contribution is -2.52. The largest absolute Gasteiger partial charge is 0.294 e. The first-order valence-corrected chi connectivity index (χ1v) is 8.67. The Labute approximate surface area is 118 Å². The summed E-state index contributed by atoms with van der Waals surface area (Å²) in [5, 5.41) is 0. The van der Waals surface area contributed by atoms with E-state index in [0.717, 1.165) is 24.3 Å². The molecule has 0 amide bonds. The van der Waals surface area contributed by atoms with Crippen LogP contribution >= 0.6 is 0 Å². The maximum atomic E-state index is 4.93. The highest BCUT2D eigenvalue weighted by molar-refractivity contribution is 5.91. The fourth-order valence-electron chi connectivity index (χ4n) is 6.53. The highest BCUT2D eigenvalue weighted by Crippen LogP contribution is 2.63. The summed E-state index contributed by atoms with van der Waals surface area (Å²) in [5.74, 6) is 3.05. The van der Waals surface area contributed by atoms with Crippen LogP contribution in [0.3, 0.4) is 0 Å². The Hall–Kier alpha value is -0.330. The lowest BCUT2D eigenvalue weighted by atomic mass is 9.49. The normalized spacial score (nSPS) is 52.9. The van der Waals surface area contributed by atoms with Gasteiger partial charge in [0.2, 0.25) is 0 Å². The molecule has 0 N–H and O–H groups in total. The molecule has 5 atom stereocenters. The van der Waals surface area contributed by atoms with Gasteiger partial charge in [-0.05, 0) is 74.5 Å². The van der Waals surface area contributed by atoms with Crippen LogP contribution in [-0.2, 0) is 0 Å². The summed E-state index contributed by atoms with van der Waals surface area (Å²) in [4.78, 5) is 4.93. The van der Waals surface area contributed by atoms with E-state index >= 15 is 0 Å². The lowest BCUT2D eigenvalue weighted by Gasteiger charge is -2.56. The first-order valence-electron chi connectivity index (χ1n) is 8.67. The Morgan fingerprint density at radius 2 is 1.84 bits per heavy atom. The summed E-state index contributed by atoms with van der Waals surface area (Å²) in [6.07, 6.45) is 13.1. The summed E-state index contributed by atoms with van der Waals surface area (Å²) >= 11 is 0. The van der Waals surface area contributed by atoms with E-state index in [9.17, 15) is 0 Å². The molecule has 3 saturated carbocycles. The van der Waals surface area contributed by atoms with Gasteiger partial charge in [-0.3, -0.25) is 4.99 Å². The second-order valence-electron chi connectivity index (χ2n) is 8.35.